The fourth-order valence-corrected chi connectivity index (χ4v) is 7.07. The summed E-state index contributed by atoms with van der Waals surface area (Å²) in [5.41, 5.74) is 3.21. The van der Waals surface area contributed by atoms with Crippen LogP contribution in [0.15, 0.2) is 12.1 Å². The standard InChI is InChI=1S/C19H30NO2P/c1-14-12-17(22-4)13-15(2)18(14)20-19(21)16(3)23(5)10-8-6-7-9-11-23/h12-13,16H,6-11H2,1-5H3/p+1. The summed E-state index contributed by atoms with van der Waals surface area (Å²) < 4.78 is 5.30. The zero-order valence-corrected chi connectivity index (χ0v) is 16.1. The van der Waals surface area contributed by atoms with Gasteiger partial charge in [0.05, 0.1) is 19.4 Å². The van der Waals surface area contributed by atoms with Crippen LogP contribution < -0.4 is 10.1 Å². The van der Waals surface area contributed by atoms with Crippen LogP contribution in [0.5, 0.6) is 5.75 Å². The Morgan fingerprint density at radius 1 is 1.13 bits per heavy atom. The van der Waals surface area contributed by atoms with Crippen LogP contribution in [0.4, 0.5) is 5.69 Å². The molecule has 3 nitrogen and oxygen atoms in total. The van der Waals surface area contributed by atoms with Gasteiger partial charge in [-0.25, -0.2) is 0 Å². The second-order valence-corrected chi connectivity index (χ2v) is 11.8. The molecule has 23 heavy (non-hydrogen) atoms. The van der Waals surface area contributed by atoms with Crippen molar-refractivity contribution in [1.82, 2.24) is 0 Å². The Labute approximate surface area is 141 Å². The van der Waals surface area contributed by atoms with Crippen molar-refractivity contribution in [1.29, 1.82) is 0 Å². The van der Waals surface area contributed by atoms with E-state index in [9.17, 15) is 4.79 Å². The normalized spacial score (nSPS) is 18.8. The van der Waals surface area contributed by atoms with Gasteiger partial charge in [-0.3, -0.25) is 4.79 Å². The number of hydrogen-bond acceptors (Lipinski definition) is 2. The minimum atomic E-state index is -1.17. The highest BCUT2D eigenvalue weighted by molar-refractivity contribution is 7.76. The van der Waals surface area contributed by atoms with Crippen LogP contribution in [0.3, 0.4) is 0 Å². The molecular weight excluding hydrogens is 305 g/mol. The van der Waals surface area contributed by atoms with Crippen LogP contribution in [-0.4, -0.2) is 37.7 Å². The van der Waals surface area contributed by atoms with E-state index < -0.39 is 7.26 Å². The van der Waals surface area contributed by atoms with Crippen LogP contribution in [0, 0.1) is 13.8 Å². The number of methoxy groups -OCH3 is 1. The number of benzene rings is 1. The van der Waals surface area contributed by atoms with Crippen molar-refractivity contribution in [2.45, 2.75) is 52.1 Å². The first-order valence-electron chi connectivity index (χ1n) is 8.68. The number of ether oxygens (including phenoxy) is 1. The number of amides is 1. The Morgan fingerprint density at radius 2 is 1.65 bits per heavy atom. The lowest BCUT2D eigenvalue weighted by Crippen LogP contribution is -2.30. The summed E-state index contributed by atoms with van der Waals surface area (Å²) in [7, 11) is 0.499. The monoisotopic (exact) mass is 336 g/mol. The van der Waals surface area contributed by atoms with Gasteiger partial charge in [0, 0.05) is 19.6 Å². The smallest absolute Gasteiger partial charge is 0.264 e. The number of carbonyl (C=O) groups excluding carboxylic acids is 1. The fraction of sp³-hybridized carbons (Fsp3) is 0.632. The molecule has 0 aliphatic carbocycles. The Morgan fingerprint density at radius 3 is 2.13 bits per heavy atom. The van der Waals surface area contributed by atoms with Gasteiger partial charge < -0.3 is 10.1 Å². The lowest BCUT2D eigenvalue weighted by Gasteiger charge is -2.28. The third-order valence-electron chi connectivity index (χ3n) is 5.39. The predicted molar refractivity (Wildman–Crippen MR) is 102 cm³/mol. The summed E-state index contributed by atoms with van der Waals surface area (Å²) in [6, 6.07) is 3.96. The number of nitrogens with one attached hydrogen (secondary N) is 1. The predicted octanol–water partition coefficient (Wildman–Crippen LogP) is 4.86. The second kappa shape index (κ2) is 7.66. The molecular formula is C19H31NO2P+. The van der Waals surface area contributed by atoms with E-state index in [4.69, 9.17) is 4.74 Å². The summed E-state index contributed by atoms with van der Waals surface area (Å²) in [4.78, 5) is 12.9. The number of hydrogen-bond donors (Lipinski definition) is 1. The highest BCUT2D eigenvalue weighted by Gasteiger charge is 2.42. The van der Waals surface area contributed by atoms with Gasteiger partial charge in [0.2, 0.25) is 0 Å². The Kier molecular flexibility index (Phi) is 6.08. The van der Waals surface area contributed by atoms with Gasteiger partial charge >= 0.3 is 0 Å². The molecule has 1 heterocycles. The van der Waals surface area contributed by atoms with Crippen molar-refractivity contribution < 1.29 is 9.53 Å². The molecule has 0 saturated carbocycles. The maximum atomic E-state index is 12.9. The minimum Gasteiger partial charge on any atom is -0.497 e. The first-order chi connectivity index (χ1) is 10.9. The van der Waals surface area contributed by atoms with Crippen molar-refractivity contribution in [2.24, 2.45) is 0 Å². The molecule has 2 rings (SSSR count). The fourth-order valence-electron chi connectivity index (χ4n) is 3.55. The van der Waals surface area contributed by atoms with Crippen molar-refractivity contribution in [3.8, 4) is 5.75 Å². The van der Waals surface area contributed by atoms with E-state index in [1.807, 2.05) is 26.0 Å². The molecule has 1 fully saturated rings. The molecule has 1 unspecified atom stereocenters. The van der Waals surface area contributed by atoms with Crippen molar-refractivity contribution >= 4 is 18.9 Å². The quantitative estimate of drug-likeness (QED) is 0.797. The molecule has 1 N–H and O–H groups in total. The molecule has 1 saturated heterocycles. The molecule has 0 spiro atoms. The van der Waals surface area contributed by atoms with Crippen LogP contribution in [0.2, 0.25) is 0 Å². The number of aryl methyl sites for hydroxylation is 2. The SMILES string of the molecule is COc1cc(C)c(NC(=O)C(C)[P+]2(C)CCCCCC2)c(C)c1. The van der Waals surface area contributed by atoms with Gasteiger partial charge in [-0.2, -0.15) is 0 Å². The molecule has 1 atom stereocenters. The largest absolute Gasteiger partial charge is 0.497 e. The molecule has 1 aliphatic rings. The molecule has 128 valence electrons. The van der Waals surface area contributed by atoms with E-state index in [0.29, 0.717) is 0 Å². The topological polar surface area (TPSA) is 38.3 Å². The van der Waals surface area contributed by atoms with Crippen LogP contribution >= 0.6 is 7.26 Å². The van der Waals surface area contributed by atoms with Gasteiger partial charge in [0.15, 0.2) is 0 Å². The van der Waals surface area contributed by atoms with Gasteiger partial charge in [-0.15, -0.1) is 0 Å². The third-order valence-corrected chi connectivity index (χ3v) is 10.2. The van der Waals surface area contributed by atoms with Crippen molar-refractivity contribution in [2.75, 3.05) is 31.4 Å². The molecule has 0 radical (unpaired) electrons. The van der Waals surface area contributed by atoms with E-state index in [-0.39, 0.29) is 11.6 Å². The summed E-state index contributed by atoms with van der Waals surface area (Å²) >= 11 is 0. The van der Waals surface area contributed by atoms with Gasteiger partial charge in [-0.05, 0) is 69.7 Å². The molecule has 1 aromatic carbocycles. The van der Waals surface area contributed by atoms with Crippen molar-refractivity contribution in [3.63, 3.8) is 0 Å². The van der Waals surface area contributed by atoms with Crippen LogP contribution in [0.1, 0.15) is 43.7 Å². The van der Waals surface area contributed by atoms with Gasteiger partial charge in [0.25, 0.3) is 5.91 Å². The van der Waals surface area contributed by atoms with E-state index in [0.717, 1.165) is 22.6 Å². The summed E-state index contributed by atoms with van der Waals surface area (Å²) in [6.45, 7) is 8.59. The van der Waals surface area contributed by atoms with Gasteiger partial charge in [-0.1, -0.05) is 0 Å². The van der Waals surface area contributed by atoms with E-state index in [1.54, 1.807) is 7.11 Å². The second-order valence-electron chi connectivity index (χ2n) is 7.14. The molecule has 1 amide bonds. The molecule has 1 aliphatic heterocycles. The Balaban J connectivity index is 2.15. The zero-order valence-electron chi connectivity index (χ0n) is 15.2. The lowest BCUT2D eigenvalue weighted by molar-refractivity contribution is -0.115. The maximum Gasteiger partial charge on any atom is 0.264 e. The highest BCUT2D eigenvalue weighted by Crippen LogP contribution is 2.62. The average Bonchev–Trinajstić information content (AvgIpc) is 2.75. The Bertz CT molecular complexity index is 539. The molecule has 1 aromatic rings. The van der Waals surface area contributed by atoms with Crippen LogP contribution in [0.25, 0.3) is 0 Å². The highest BCUT2D eigenvalue weighted by atomic mass is 31.2. The molecule has 0 bridgehead atoms. The number of anilines is 1. The molecule has 4 heteroatoms. The minimum absolute atomic E-state index is 0.140. The summed E-state index contributed by atoms with van der Waals surface area (Å²) in [5, 5.41) is 3.21. The number of rotatable bonds is 4. The van der Waals surface area contributed by atoms with Crippen LogP contribution in [-0.2, 0) is 4.79 Å². The van der Waals surface area contributed by atoms with Crippen molar-refractivity contribution in [3.05, 3.63) is 23.3 Å². The average molecular weight is 336 g/mol. The van der Waals surface area contributed by atoms with Gasteiger partial charge in [0.1, 0.15) is 11.4 Å². The van der Waals surface area contributed by atoms with E-state index >= 15 is 0 Å². The Hall–Kier alpha value is -1.08. The number of carbonyl (C=O) groups is 1. The molecule has 0 aromatic heterocycles. The summed E-state index contributed by atoms with van der Waals surface area (Å²) in [6.07, 6.45) is 7.79. The first kappa shape index (κ1) is 18.3. The third kappa shape index (κ3) is 4.26. The van der Waals surface area contributed by atoms with E-state index in [1.165, 1.54) is 38.0 Å². The zero-order chi connectivity index (χ0) is 17.0. The maximum absolute atomic E-state index is 12.9. The summed E-state index contributed by atoms with van der Waals surface area (Å²) in [5.74, 6) is 1.04. The lowest BCUT2D eigenvalue weighted by atomic mass is 10.1. The first-order valence-corrected chi connectivity index (χ1v) is 11.4. The van der Waals surface area contributed by atoms with E-state index in [2.05, 4.69) is 18.9 Å².